The maximum atomic E-state index is 12.3. The Kier molecular flexibility index (Phi) is 4.46. The van der Waals surface area contributed by atoms with Gasteiger partial charge in [0.15, 0.2) is 11.5 Å². The fourth-order valence-corrected chi connectivity index (χ4v) is 1.22. The van der Waals surface area contributed by atoms with E-state index < -0.39 is 17.8 Å². The van der Waals surface area contributed by atoms with Gasteiger partial charge < -0.3 is 9.64 Å². The molecular weight excluding hydrogens is 251 g/mol. The Morgan fingerprint density at radius 3 is 2.44 bits per heavy atom. The first kappa shape index (κ1) is 14.2. The van der Waals surface area contributed by atoms with E-state index in [9.17, 15) is 18.0 Å². The van der Waals surface area contributed by atoms with Gasteiger partial charge in [-0.15, -0.1) is 10.2 Å². The van der Waals surface area contributed by atoms with E-state index in [0.29, 0.717) is 6.54 Å². The van der Waals surface area contributed by atoms with E-state index in [2.05, 4.69) is 14.9 Å². The van der Waals surface area contributed by atoms with Gasteiger partial charge in [-0.2, -0.15) is 13.2 Å². The summed E-state index contributed by atoms with van der Waals surface area (Å²) in [5.41, 5.74) is -1.07. The Balaban J connectivity index is 2.85. The summed E-state index contributed by atoms with van der Waals surface area (Å²) in [6.07, 6.45) is -4.52. The molecule has 0 aliphatic heterocycles. The van der Waals surface area contributed by atoms with Crippen LogP contribution < -0.4 is 4.90 Å². The third-order valence-electron chi connectivity index (χ3n) is 2.19. The van der Waals surface area contributed by atoms with Gasteiger partial charge in [0.25, 0.3) is 0 Å². The molecule has 0 N–H and O–H groups in total. The Labute approximate surface area is 102 Å². The molecule has 0 radical (unpaired) electrons. The molecule has 8 heteroatoms. The van der Waals surface area contributed by atoms with Crippen LogP contribution in [0.1, 0.15) is 12.6 Å². The fourth-order valence-electron chi connectivity index (χ4n) is 1.22. The number of hydrogen-bond donors (Lipinski definition) is 0. The molecule has 0 amide bonds. The average molecular weight is 263 g/mol. The number of nitrogens with zero attached hydrogens (tertiary/aromatic N) is 3. The minimum atomic E-state index is -4.52. The number of rotatable bonds is 4. The van der Waals surface area contributed by atoms with E-state index in [1.54, 1.807) is 6.92 Å². The molecule has 0 saturated heterocycles. The molecule has 1 aromatic rings. The number of carbonyl (C=O) groups excluding carboxylic acids is 1. The van der Waals surface area contributed by atoms with Crippen molar-refractivity contribution in [2.75, 3.05) is 25.1 Å². The first-order valence-electron chi connectivity index (χ1n) is 5.11. The number of aromatic nitrogens is 2. The van der Waals surface area contributed by atoms with Crippen molar-refractivity contribution >= 4 is 11.8 Å². The Morgan fingerprint density at radius 2 is 2.06 bits per heavy atom. The van der Waals surface area contributed by atoms with Crippen LogP contribution in [-0.4, -0.2) is 36.4 Å². The summed E-state index contributed by atoms with van der Waals surface area (Å²) in [7, 11) is 1.23. The molecule has 0 fully saturated rings. The standard InChI is InChI=1S/C10H12F3N3O2/c1-3-16(6-9(17)18-2)8-5-4-7(14-15-8)10(11,12)13/h4-5H,3,6H2,1-2H3. The molecule has 100 valence electrons. The highest BCUT2D eigenvalue weighted by Crippen LogP contribution is 2.27. The number of anilines is 1. The summed E-state index contributed by atoms with van der Waals surface area (Å²) in [5.74, 6) is -0.311. The van der Waals surface area contributed by atoms with Crippen molar-refractivity contribution in [2.24, 2.45) is 0 Å². The number of methoxy groups -OCH3 is 1. The molecule has 5 nitrogen and oxygen atoms in total. The summed E-state index contributed by atoms with van der Waals surface area (Å²) >= 11 is 0. The molecule has 0 aliphatic rings. The first-order valence-corrected chi connectivity index (χ1v) is 5.11. The van der Waals surface area contributed by atoms with E-state index in [-0.39, 0.29) is 12.4 Å². The van der Waals surface area contributed by atoms with Gasteiger partial charge in [0.2, 0.25) is 0 Å². The second kappa shape index (κ2) is 5.65. The third-order valence-corrected chi connectivity index (χ3v) is 2.19. The summed E-state index contributed by atoms with van der Waals surface area (Å²) < 4.78 is 41.3. The van der Waals surface area contributed by atoms with Gasteiger partial charge in [0.05, 0.1) is 7.11 Å². The molecule has 0 aliphatic carbocycles. The Morgan fingerprint density at radius 1 is 1.39 bits per heavy atom. The summed E-state index contributed by atoms with van der Waals surface area (Å²) in [6.45, 7) is 2.05. The van der Waals surface area contributed by atoms with Gasteiger partial charge in [-0.05, 0) is 19.1 Å². The van der Waals surface area contributed by atoms with Gasteiger partial charge in [-0.25, -0.2) is 0 Å². The number of esters is 1. The van der Waals surface area contributed by atoms with Crippen molar-refractivity contribution in [1.82, 2.24) is 10.2 Å². The third kappa shape index (κ3) is 3.57. The topological polar surface area (TPSA) is 55.3 Å². The van der Waals surface area contributed by atoms with Crippen LogP contribution in [0.15, 0.2) is 12.1 Å². The van der Waals surface area contributed by atoms with Crippen LogP contribution in [0.4, 0.5) is 19.0 Å². The number of alkyl halides is 3. The minimum absolute atomic E-state index is 0.0902. The number of hydrogen-bond acceptors (Lipinski definition) is 5. The molecule has 0 unspecified atom stereocenters. The highest BCUT2D eigenvalue weighted by Gasteiger charge is 2.33. The molecule has 0 aromatic carbocycles. The molecule has 0 atom stereocenters. The molecular formula is C10H12F3N3O2. The number of ether oxygens (including phenoxy) is 1. The van der Waals surface area contributed by atoms with E-state index in [4.69, 9.17) is 0 Å². The highest BCUT2D eigenvalue weighted by molar-refractivity contribution is 5.75. The van der Waals surface area contributed by atoms with E-state index >= 15 is 0 Å². The van der Waals surface area contributed by atoms with Gasteiger partial charge in [-0.1, -0.05) is 0 Å². The van der Waals surface area contributed by atoms with E-state index in [1.165, 1.54) is 18.1 Å². The molecule has 0 spiro atoms. The lowest BCUT2D eigenvalue weighted by molar-refractivity contribution is -0.142. The molecule has 0 saturated carbocycles. The van der Waals surface area contributed by atoms with Crippen LogP contribution in [0.3, 0.4) is 0 Å². The van der Waals surface area contributed by atoms with Crippen molar-refractivity contribution < 1.29 is 22.7 Å². The van der Waals surface area contributed by atoms with E-state index in [0.717, 1.165) is 6.07 Å². The predicted molar refractivity (Wildman–Crippen MR) is 56.9 cm³/mol. The average Bonchev–Trinajstić information content (AvgIpc) is 2.34. The Hall–Kier alpha value is -1.86. The van der Waals surface area contributed by atoms with Crippen molar-refractivity contribution in [3.05, 3.63) is 17.8 Å². The lowest BCUT2D eigenvalue weighted by Gasteiger charge is -2.19. The van der Waals surface area contributed by atoms with E-state index in [1.807, 2.05) is 0 Å². The van der Waals surface area contributed by atoms with Gasteiger partial charge in [-0.3, -0.25) is 4.79 Å². The van der Waals surface area contributed by atoms with Crippen LogP contribution in [0.25, 0.3) is 0 Å². The van der Waals surface area contributed by atoms with Crippen molar-refractivity contribution in [3.63, 3.8) is 0 Å². The SMILES string of the molecule is CCN(CC(=O)OC)c1ccc(C(F)(F)F)nn1. The Bertz CT molecular complexity index is 406. The zero-order valence-electron chi connectivity index (χ0n) is 9.86. The van der Waals surface area contributed by atoms with Crippen LogP contribution in [0.5, 0.6) is 0 Å². The first-order chi connectivity index (χ1) is 8.38. The minimum Gasteiger partial charge on any atom is -0.468 e. The molecule has 1 rings (SSSR count). The van der Waals surface area contributed by atoms with Gasteiger partial charge >= 0.3 is 12.1 Å². The summed E-state index contributed by atoms with van der Waals surface area (Å²) in [5, 5.41) is 6.53. The van der Waals surface area contributed by atoms with Gasteiger partial charge in [0.1, 0.15) is 6.54 Å². The maximum Gasteiger partial charge on any atom is 0.435 e. The van der Waals surface area contributed by atoms with Crippen molar-refractivity contribution in [1.29, 1.82) is 0 Å². The van der Waals surface area contributed by atoms with Crippen LogP contribution in [-0.2, 0) is 15.7 Å². The zero-order valence-corrected chi connectivity index (χ0v) is 9.86. The number of likely N-dealkylation sites (N-methyl/N-ethyl adjacent to an activating group) is 1. The summed E-state index contributed by atoms with van der Waals surface area (Å²) in [4.78, 5) is 12.5. The predicted octanol–water partition coefficient (Wildman–Crippen LogP) is 1.49. The molecule has 1 heterocycles. The fraction of sp³-hybridized carbons (Fsp3) is 0.500. The van der Waals surface area contributed by atoms with Gasteiger partial charge in [0, 0.05) is 6.54 Å². The molecule has 0 bridgehead atoms. The quantitative estimate of drug-likeness (QED) is 0.770. The highest BCUT2D eigenvalue weighted by atomic mass is 19.4. The monoisotopic (exact) mass is 263 g/mol. The lowest BCUT2D eigenvalue weighted by atomic mass is 10.3. The number of carbonyl (C=O) groups is 1. The normalized spacial score (nSPS) is 11.2. The lowest BCUT2D eigenvalue weighted by Crippen LogP contribution is -2.31. The number of halogens is 3. The van der Waals surface area contributed by atoms with Crippen LogP contribution >= 0.6 is 0 Å². The second-order valence-corrected chi connectivity index (χ2v) is 3.36. The smallest absolute Gasteiger partial charge is 0.435 e. The van der Waals surface area contributed by atoms with Crippen LogP contribution in [0, 0.1) is 0 Å². The summed E-state index contributed by atoms with van der Waals surface area (Å²) in [6, 6.07) is 1.99. The zero-order chi connectivity index (χ0) is 13.8. The molecule has 18 heavy (non-hydrogen) atoms. The largest absolute Gasteiger partial charge is 0.468 e. The van der Waals surface area contributed by atoms with Crippen LogP contribution in [0.2, 0.25) is 0 Å². The maximum absolute atomic E-state index is 12.3. The molecule has 1 aromatic heterocycles. The second-order valence-electron chi connectivity index (χ2n) is 3.36. The van der Waals surface area contributed by atoms with Crippen molar-refractivity contribution in [3.8, 4) is 0 Å². The van der Waals surface area contributed by atoms with Crippen molar-refractivity contribution in [2.45, 2.75) is 13.1 Å².